The average Bonchev–Trinajstić information content (AvgIpc) is 2.90. The fourth-order valence-corrected chi connectivity index (χ4v) is 2.08. The first-order chi connectivity index (χ1) is 10.2. The zero-order valence-electron chi connectivity index (χ0n) is 11.8. The van der Waals surface area contributed by atoms with Crippen molar-refractivity contribution in [3.8, 4) is 5.75 Å². The van der Waals surface area contributed by atoms with Gasteiger partial charge in [-0.1, -0.05) is 0 Å². The monoisotopic (exact) mass is 285 g/mol. The molecule has 0 spiro atoms. The molecule has 0 unspecified atom stereocenters. The molecule has 0 saturated carbocycles. The van der Waals surface area contributed by atoms with Gasteiger partial charge in [0.05, 0.1) is 12.6 Å². The Morgan fingerprint density at radius 2 is 2.24 bits per heavy atom. The van der Waals surface area contributed by atoms with Crippen molar-refractivity contribution in [1.82, 2.24) is 19.7 Å². The van der Waals surface area contributed by atoms with Crippen molar-refractivity contribution in [3.63, 3.8) is 0 Å². The lowest BCUT2D eigenvalue weighted by atomic mass is 10.1. The first-order valence-corrected chi connectivity index (χ1v) is 6.45. The number of anilines is 1. The molecule has 2 heterocycles. The number of nitrogens with zero attached hydrogens (tertiary/aromatic N) is 3. The highest BCUT2D eigenvalue weighted by molar-refractivity contribution is 5.80. The van der Waals surface area contributed by atoms with Gasteiger partial charge in [-0.05, 0) is 23.6 Å². The Balaban J connectivity index is 1.88. The smallest absolute Gasteiger partial charge is 0.253 e. The zero-order valence-corrected chi connectivity index (χ0v) is 11.8. The number of fused-ring (bicyclic) bond motifs is 1. The fourth-order valence-electron chi connectivity index (χ4n) is 2.08. The summed E-state index contributed by atoms with van der Waals surface area (Å²) in [6.07, 6.45) is 1.60. The van der Waals surface area contributed by atoms with Gasteiger partial charge in [-0.25, -0.2) is 4.98 Å². The van der Waals surface area contributed by atoms with Crippen molar-refractivity contribution in [1.29, 1.82) is 0 Å². The van der Waals surface area contributed by atoms with E-state index in [0.717, 1.165) is 10.9 Å². The molecule has 0 radical (unpaired) electrons. The number of ether oxygens (including phenoxy) is 1. The molecule has 21 heavy (non-hydrogen) atoms. The van der Waals surface area contributed by atoms with E-state index in [-0.39, 0.29) is 5.56 Å². The Labute approximate surface area is 120 Å². The summed E-state index contributed by atoms with van der Waals surface area (Å²) in [7, 11) is 3.38. The number of benzene rings is 1. The molecule has 3 rings (SSSR count). The maximum atomic E-state index is 12.1. The van der Waals surface area contributed by atoms with E-state index < -0.39 is 0 Å². The fraction of sp³-hybridized carbons (Fsp3) is 0.214. The summed E-state index contributed by atoms with van der Waals surface area (Å²) in [6.45, 7) is 0.362. The normalized spacial score (nSPS) is 10.8. The number of nitrogens with one attached hydrogen (secondary N) is 2. The van der Waals surface area contributed by atoms with E-state index in [9.17, 15) is 4.79 Å². The molecule has 0 aliphatic heterocycles. The molecule has 0 saturated heterocycles. The van der Waals surface area contributed by atoms with Crippen molar-refractivity contribution in [2.75, 3.05) is 12.4 Å². The van der Waals surface area contributed by atoms with E-state index in [2.05, 4.69) is 20.4 Å². The van der Waals surface area contributed by atoms with Gasteiger partial charge < -0.3 is 15.0 Å². The van der Waals surface area contributed by atoms with Crippen LogP contribution in [0.15, 0.2) is 35.4 Å². The number of methoxy groups -OCH3 is 1. The molecule has 7 nitrogen and oxygen atoms in total. The molecule has 0 bridgehead atoms. The number of hydrogen-bond donors (Lipinski definition) is 2. The molecule has 108 valence electrons. The van der Waals surface area contributed by atoms with E-state index in [1.165, 1.54) is 0 Å². The number of pyridine rings is 1. The zero-order chi connectivity index (χ0) is 14.8. The standard InChI is InChI=1S/C14H15N5O2/c1-19-8-16-14(18-19)15-7-10-5-9-3-4-11(21-2)6-12(9)17-13(10)20/h3-6,8H,7H2,1-2H3,(H,15,18)(H,17,20). The number of rotatable bonds is 4. The highest BCUT2D eigenvalue weighted by Gasteiger charge is 2.05. The van der Waals surface area contributed by atoms with Crippen molar-refractivity contribution in [3.05, 3.63) is 46.5 Å². The van der Waals surface area contributed by atoms with Crippen LogP contribution in [0, 0.1) is 0 Å². The third-order valence-electron chi connectivity index (χ3n) is 3.17. The lowest BCUT2D eigenvalue weighted by Gasteiger charge is -2.05. The van der Waals surface area contributed by atoms with Gasteiger partial charge in [0.2, 0.25) is 5.95 Å². The van der Waals surface area contributed by atoms with Crippen LogP contribution in [-0.2, 0) is 13.6 Å². The van der Waals surface area contributed by atoms with Gasteiger partial charge in [0.1, 0.15) is 12.1 Å². The number of aryl methyl sites for hydroxylation is 1. The highest BCUT2D eigenvalue weighted by Crippen LogP contribution is 2.18. The number of H-pyrrole nitrogens is 1. The SMILES string of the molecule is COc1ccc2cc(CNc3ncn(C)n3)c(=O)[nH]c2c1. The number of aromatic amines is 1. The molecule has 3 aromatic rings. The second-order valence-corrected chi connectivity index (χ2v) is 4.67. The Morgan fingerprint density at radius 1 is 1.38 bits per heavy atom. The van der Waals surface area contributed by atoms with Crippen LogP contribution in [0.25, 0.3) is 10.9 Å². The summed E-state index contributed by atoms with van der Waals surface area (Å²) in [5, 5.41) is 8.07. The first kappa shape index (κ1) is 13.2. The molecular weight excluding hydrogens is 270 g/mol. The molecular formula is C14H15N5O2. The summed E-state index contributed by atoms with van der Waals surface area (Å²) in [5.41, 5.74) is 1.23. The molecule has 2 aromatic heterocycles. The summed E-state index contributed by atoms with van der Waals surface area (Å²) in [6, 6.07) is 7.42. The predicted molar refractivity (Wildman–Crippen MR) is 79.5 cm³/mol. The minimum absolute atomic E-state index is 0.140. The van der Waals surface area contributed by atoms with E-state index in [4.69, 9.17) is 4.74 Å². The summed E-state index contributed by atoms with van der Waals surface area (Å²) in [5.74, 6) is 1.20. The number of aromatic nitrogens is 4. The third kappa shape index (κ3) is 2.71. The quantitative estimate of drug-likeness (QED) is 0.754. The van der Waals surface area contributed by atoms with E-state index in [0.29, 0.717) is 23.8 Å². The van der Waals surface area contributed by atoms with Crippen molar-refractivity contribution in [2.24, 2.45) is 7.05 Å². The average molecular weight is 285 g/mol. The largest absolute Gasteiger partial charge is 0.497 e. The summed E-state index contributed by atoms with van der Waals surface area (Å²) >= 11 is 0. The Bertz CT molecular complexity index is 837. The van der Waals surface area contributed by atoms with E-state index >= 15 is 0 Å². The van der Waals surface area contributed by atoms with Crippen molar-refractivity contribution in [2.45, 2.75) is 6.54 Å². The summed E-state index contributed by atoms with van der Waals surface area (Å²) in [4.78, 5) is 19.0. The van der Waals surface area contributed by atoms with Gasteiger partial charge in [0.15, 0.2) is 0 Å². The lowest BCUT2D eigenvalue weighted by molar-refractivity contribution is 0.415. The number of hydrogen-bond acceptors (Lipinski definition) is 5. The van der Waals surface area contributed by atoms with Gasteiger partial charge in [0.25, 0.3) is 5.56 Å². The Hall–Kier alpha value is -2.83. The van der Waals surface area contributed by atoms with Crippen molar-refractivity contribution < 1.29 is 4.74 Å². The maximum Gasteiger partial charge on any atom is 0.253 e. The molecule has 0 aliphatic carbocycles. The second-order valence-electron chi connectivity index (χ2n) is 4.67. The van der Waals surface area contributed by atoms with E-state index in [1.807, 2.05) is 18.2 Å². The van der Waals surface area contributed by atoms with Crippen LogP contribution in [0.1, 0.15) is 5.56 Å². The first-order valence-electron chi connectivity index (χ1n) is 6.45. The topological polar surface area (TPSA) is 84.8 Å². The Kier molecular flexibility index (Phi) is 3.31. The van der Waals surface area contributed by atoms with Gasteiger partial charge >= 0.3 is 0 Å². The van der Waals surface area contributed by atoms with Gasteiger partial charge in [0, 0.05) is 25.2 Å². The molecule has 1 aromatic carbocycles. The van der Waals surface area contributed by atoms with Crippen LogP contribution >= 0.6 is 0 Å². The van der Waals surface area contributed by atoms with Crippen molar-refractivity contribution >= 4 is 16.9 Å². The summed E-state index contributed by atoms with van der Waals surface area (Å²) < 4.78 is 6.74. The van der Waals surface area contributed by atoms with Crippen LogP contribution in [-0.4, -0.2) is 26.9 Å². The maximum absolute atomic E-state index is 12.1. The molecule has 0 aliphatic rings. The molecule has 2 N–H and O–H groups in total. The predicted octanol–water partition coefficient (Wildman–Crippen LogP) is 1.28. The van der Waals surface area contributed by atoms with Crippen LogP contribution in [0.2, 0.25) is 0 Å². The molecule has 0 amide bonds. The van der Waals surface area contributed by atoms with Crippen LogP contribution in [0.4, 0.5) is 5.95 Å². The van der Waals surface area contributed by atoms with Gasteiger partial charge in [-0.2, -0.15) is 0 Å². The minimum atomic E-state index is -0.140. The Morgan fingerprint density at radius 3 is 2.95 bits per heavy atom. The van der Waals surface area contributed by atoms with Gasteiger partial charge in [-0.15, -0.1) is 5.10 Å². The second kappa shape index (κ2) is 5.28. The van der Waals surface area contributed by atoms with Crippen LogP contribution in [0.3, 0.4) is 0 Å². The molecule has 0 fully saturated rings. The lowest BCUT2D eigenvalue weighted by Crippen LogP contribution is -2.16. The highest BCUT2D eigenvalue weighted by atomic mass is 16.5. The molecule has 0 atom stereocenters. The molecule has 7 heteroatoms. The van der Waals surface area contributed by atoms with E-state index in [1.54, 1.807) is 31.2 Å². The van der Waals surface area contributed by atoms with Gasteiger partial charge in [-0.3, -0.25) is 9.48 Å². The minimum Gasteiger partial charge on any atom is -0.497 e. The van der Waals surface area contributed by atoms with Crippen LogP contribution < -0.4 is 15.6 Å². The van der Waals surface area contributed by atoms with Crippen LogP contribution in [0.5, 0.6) is 5.75 Å². The third-order valence-corrected chi connectivity index (χ3v) is 3.17.